The van der Waals surface area contributed by atoms with Crippen molar-refractivity contribution < 1.29 is 9.53 Å². The molecule has 0 unspecified atom stereocenters. The van der Waals surface area contributed by atoms with Crippen LogP contribution in [0.1, 0.15) is 29.5 Å². The van der Waals surface area contributed by atoms with Crippen LogP contribution in [-0.2, 0) is 4.79 Å². The molecule has 0 aliphatic heterocycles. The Morgan fingerprint density at radius 2 is 1.57 bits per heavy atom. The molecule has 0 saturated heterocycles. The predicted molar refractivity (Wildman–Crippen MR) is 83.4 cm³/mol. The third kappa shape index (κ3) is 2.58. The molecule has 1 saturated carbocycles. The van der Waals surface area contributed by atoms with Gasteiger partial charge in [0.05, 0.1) is 5.92 Å². The van der Waals surface area contributed by atoms with E-state index in [4.69, 9.17) is 4.74 Å². The summed E-state index contributed by atoms with van der Waals surface area (Å²) in [5.41, 5.74) is 3.24. The van der Waals surface area contributed by atoms with Crippen LogP contribution in [0, 0.1) is 25.7 Å². The number of hydrogen-bond acceptors (Lipinski definition) is 2. The van der Waals surface area contributed by atoms with E-state index in [0.29, 0.717) is 17.6 Å². The lowest BCUT2D eigenvalue weighted by atomic mass is 10.1. The van der Waals surface area contributed by atoms with Crippen molar-refractivity contribution in [3.05, 3.63) is 65.2 Å². The maximum atomic E-state index is 12.5. The van der Waals surface area contributed by atoms with Crippen LogP contribution in [0.25, 0.3) is 0 Å². The van der Waals surface area contributed by atoms with Gasteiger partial charge in [0, 0.05) is 5.92 Å². The Hall–Kier alpha value is -2.09. The molecule has 0 heterocycles. The second kappa shape index (κ2) is 5.36. The van der Waals surface area contributed by atoms with E-state index in [1.807, 2.05) is 50.2 Å². The summed E-state index contributed by atoms with van der Waals surface area (Å²) in [6.45, 7) is 6.07. The van der Waals surface area contributed by atoms with Crippen molar-refractivity contribution in [2.24, 2.45) is 11.8 Å². The third-order valence-corrected chi connectivity index (χ3v) is 4.45. The first-order chi connectivity index (χ1) is 10.1. The van der Waals surface area contributed by atoms with Gasteiger partial charge in [-0.05, 0) is 36.5 Å². The monoisotopic (exact) mass is 280 g/mol. The summed E-state index contributed by atoms with van der Waals surface area (Å²) in [5, 5.41) is 0. The molecule has 1 aliphatic rings. The number of carbonyl (C=O) groups excluding carboxylic acids is 1. The largest absolute Gasteiger partial charge is 0.426 e. The molecule has 3 rings (SSSR count). The zero-order chi connectivity index (χ0) is 15.0. The Kier molecular flexibility index (Phi) is 3.54. The van der Waals surface area contributed by atoms with E-state index >= 15 is 0 Å². The molecule has 108 valence electrons. The standard InChI is InChI=1S/C19H20O2/c1-12-8-7-9-13(2)18(12)21-19(20)17-14(3)16(17)15-10-5-4-6-11-15/h4-11,14,16-17H,1-3H3/t14-,16-,17+/m0/s1. The van der Waals surface area contributed by atoms with E-state index in [1.54, 1.807) is 0 Å². The summed E-state index contributed by atoms with van der Waals surface area (Å²) in [6.07, 6.45) is 0. The minimum atomic E-state index is -0.103. The average molecular weight is 280 g/mol. The molecule has 0 aromatic heterocycles. The SMILES string of the molecule is Cc1cccc(C)c1OC(=O)[C@@H]1[C@@H](C)[C@H]1c1ccccc1. The van der Waals surface area contributed by atoms with E-state index in [2.05, 4.69) is 19.1 Å². The van der Waals surface area contributed by atoms with Crippen LogP contribution in [0.4, 0.5) is 0 Å². The highest BCUT2D eigenvalue weighted by atomic mass is 16.5. The number of benzene rings is 2. The van der Waals surface area contributed by atoms with Crippen LogP contribution in [0.15, 0.2) is 48.5 Å². The molecule has 0 spiro atoms. The molecule has 2 aromatic rings. The molecule has 0 N–H and O–H groups in total. The lowest BCUT2D eigenvalue weighted by Gasteiger charge is -2.10. The second-order valence-corrected chi connectivity index (χ2v) is 5.96. The highest BCUT2D eigenvalue weighted by molar-refractivity contribution is 5.81. The van der Waals surface area contributed by atoms with Crippen molar-refractivity contribution in [3.8, 4) is 5.75 Å². The Morgan fingerprint density at radius 1 is 0.952 bits per heavy atom. The number of carbonyl (C=O) groups is 1. The normalized spacial score (nSPS) is 23.7. The van der Waals surface area contributed by atoms with E-state index in [0.717, 1.165) is 11.1 Å². The van der Waals surface area contributed by atoms with E-state index in [-0.39, 0.29) is 11.9 Å². The predicted octanol–water partition coefficient (Wildman–Crippen LogP) is 4.26. The Bertz CT molecular complexity index is 640. The van der Waals surface area contributed by atoms with Gasteiger partial charge in [-0.1, -0.05) is 55.5 Å². The summed E-state index contributed by atoms with van der Waals surface area (Å²) in [7, 11) is 0. The second-order valence-electron chi connectivity index (χ2n) is 5.96. The minimum Gasteiger partial charge on any atom is -0.426 e. The van der Waals surface area contributed by atoms with Crippen molar-refractivity contribution in [1.29, 1.82) is 0 Å². The number of ether oxygens (including phenoxy) is 1. The number of hydrogen-bond donors (Lipinski definition) is 0. The van der Waals surface area contributed by atoms with Crippen LogP contribution in [0.2, 0.25) is 0 Å². The van der Waals surface area contributed by atoms with Gasteiger partial charge < -0.3 is 4.74 Å². The summed E-state index contributed by atoms with van der Waals surface area (Å²) in [4.78, 5) is 12.5. The first kappa shape index (κ1) is 13.9. The highest BCUT2D eigenvalue weighted by Crippen LogP contribution is 2.54. The van der Waals surface area contributed by atoms with Crippen molar-refractivity contribution in [3.63, 3.8) is 0 Å². The fourth-order valence-corrected chi connectivity index (χ4v) is 3.14. The third-order valence-electron chi connectivity index (χ3n) is 4.45. The smallest absolute Gasteiger partial charge is 0.315 e. The van der Waals surface area contributed by atoms with E-state index in [1.165, 1.54) is 5.56 Å². The fourth-order valence-electron chi connectivity index (χ4n) is 3.14. The summed E-state index contributed by atoms with van der Waals surface area (Å²) in [6, 6.07) is 16.2. The molecule has 3 atom stereocenters. The van der Waals surface area contributed by atoms with Crippen molar-refractivity contribution in [2.75, 3.05) is 0 Å². The summed E-state index contributed by atoms with van der Waals surface area (Å²) in [5.74, 6) is 1.24. The van der Waals surface area contributed by atoms with Crippen LogP contribution in [-0.4, -0.2) is 5.97 Å². The maximum Gasteiger partial charge on any atom is 0.315 e. The first-order valence-corrected chi connectivity index (χ1v) is 7.42. The fraction of sp³-hybridized carbons (Fsp3) is 0.316. The zero-order valence-corrected chi connectivity index (χ0v) is 12.7. The molecular weight excluding hydrogens is 260 g/mol. The van der Waals surface area contributed by atoms with Crippen molar-refractivity contribution in [1.82, 2.24) is 0 Å². The summed E-state index contributed by atoms with van der Waals surface area (Å²) < 4.78 is 5.68. The first-order valence-electron chi connectivity index (χ1n) is 7.42. The number of esters is 1. The molecule has 21 heavy (non-hydrogen) atoms. The lowest BCUT2D eigenvalue weighted by Crippen LogP contribution is -2.13. The molecule has 2 aromatic carbocycles. The van der Waals surface area contributed by atoms with Crippen LogP contribution < -0.4 is 4.74 Å². The summed E-state index contributed by atoms with van der Waals surface area (Å²) >= 11 is 0. The lowest BCUT2D eigenvalue weighted by molar-refractivity contribution is -0.136. The van der Waals surface area contributed by atoms with Gasteiger partial charge in [-0.25, -0.2) is 0 Å². The van der Waals surface area contributed by atoms with Gasteiger partial charge in [0.15, 0.2) is 0 Å². The van der Waals surface area contributed by atoms with E-state index in [9.17, 15) is 4.79 Å². The van der Waals surface area contributed by atoms with Gasteiger partial charge in [0.1, 0.15) is 5.75 Å². The quantitative estimate of drug-likeness (QED) is 0.620. The minimum absolute atomic E-state index is 0.0218. The molecule has 1 fully saturated rings. The van der Waals surface area contributed by atoms with Crippen LogP contribution in [0.3, 0.4) is 0 Å². The average Bonchev–Trinajstić information content (AvgIpc) is 3.15. The zero-order valence-electron chi connectivity index (χ0n) is 12.7. The molecule has 0 amide bonds. The van der Waals surface area contributed by atoms with Gasteiger partial charge >= 0.3 is 5.97 Å². The number of rotatable bonds is 3. The Balaban J connectivity index is 1.76. The molecule has 2 nitrogen and oxygen atoms in total. The van der Waals surface area contributed by atoms with Gasteiger partial charge in [-0.15, -0.1) is 0 Å². The highest BCUT2D eigenvalue weighted by Gasteiger charge is 2.53. The molecule has 1 aliphatic carbocycles. The molecule has 0 bridgehead atoms. The topological polar surface area (TPSA) is 26.3 Å². The van der Waals surface area contributed by atoms with E-state index < -0.39 is 0 Å². The maximum absolute atomic E-state index is 12.5. The van der Waals surface area contributed by atoms with Crippen LogP contribution in [0.5, 0.6) is 5.75 Å². The van der Waals surface area contributed by atoms with Gasteiger partial charge in [-0.3, -0.25) is 4.79 Å². The van der Waals surface area contributed by atoms with Gasteiger partial charge in [0.25, 0.3) is 0 Å². The van der Waals surface area contributed by atoms with Gasteiger partial charge in [0.2, 0.25) is 0 Å². The number of para-hydroxylation sites is 1. The Morgan fingerprint density at radius 3 is 2.19 bits per heavy atom. The van der Waals surface area contributed by atoms with Crippen molar-refractivity contribution >= 4 is 5.97 Å². The van der Waals surface area contributed by atoms with Crippen LogP contribution >= 0.6 is 0 Å². The number of aryl methyl sites for hydroxylation is 2. The molecular formula is C19H20O2. The molecule has 0 radical (unpaired) electrons. The van der Waals surface area contributed by atoms with Crippen molar-refractivity contribution in [2.45, 2.75) is 26.7 Å². The van der Waals surface area contributed by atoms with Gasteiger partial charge in [-0.2, -0.15) is 0 Å². The molecule has 2 heteroatoms. The Labute approximate surface area is 125 Å².